The summed E-state index contributed by atoms with van der Waals surface area (Å²) in [4.78, 5) is 11.2. The zero-order valence-electron chi connectivity index (χ0n) is 10.4. The number of carbonyl (C=O) groups excluding carboxylic acids is 1. The molecule has 0 aliphatic rings. The molecule has 90 valence electrons. The van der Waals surface area contributed by atoms with E-state index in [0.29, 0.717) is 6.42 Å². The summed E-state index contributed by atoms with van der Waals surface area (Å²) in [6.07, 6.45) is 1.09. The molecule has 2 unspecified atom stereocenters. The van der Waals surface area contributed by atoms with E-state index in [-0.39, 0.29) is 23.5 Å². The molecule has 0 aliphatic heterocycles. The molecular weight excluding hydrogens is 194 g/mol. The SMILES string of the molecule is COC(=O)CC(CC(C)(C)OC)C(C)N. The van der Waals surface area contributed by atoms with Gasteiger partial charge in [-0.15, -0.1) is 0 Å². The summed E-state index contributed by atoms with van der Waals surface area (Å²) in [5, 5.41) is 0. The van der Waals surface area contributed by atoms with Crippen molar-refractivity contribution in [1.29, 1.82) is 0 Å². The lowest BCUT2D eigenvalue weighted by molar-refractivity contribution is -0.142. The molecule has 0 saturated carbocycles. The Morgan fingerprint density at radius 2 is 1.93 bits per heavy atom. The Morgan fingerprint density at radius 1 is 1.40 bits per heavy atom. The van der Waals surface area contributed by atoms with Crippen molar-refractivity contribution in [2.75, 3.05) is 14.2 Å². The fourth-order valence-electron chi connectivity index (χ4n) is 1.46. The van der Waals surface area contributed by atoms with Crippen molar-refractivity contribution < 1.29 is 14.3 Å². The van der Waals surface area contributed by atoms with Crippen molar-refractivity contribution in [3.05, 3.63) is 0 Å². The van der Waals surface area contributed by atoms with Crippen LogP contribution in [0.4, 0.5) is 0 Å². The average Bonchev–Trinajstić information content (AvgIpc) is 2.16. The molecule has 2 N–H and O–H groups in total. The third-order valence-corrected chi connectivity index (χ3v) is 2.71. The van der Waals surface area contributed by atoms with E-state index in [1.54, 1.807) is 7.11 Å². The molecule has 15 heavy (non-hydrogen) atoms. The highest BCUT2D eigenvalue weighted by Crippen LogP contribution is 2.24. The Bertz CT molecular complexity index is 202. The fourth-order valence-corrected chi connectivity index (χ4v) is 1.46. The van der Waals surface area contributed by atoms with Crippen LogP contribution in [0, 0.1) is 5.92 Å². The first kappa shape index (κ1) is 14.4. The lowest BCUT2D eigenvalue weighted by atomic mass is 9.86. The Morgan fingerprint density at radius 3 is 2.27 bits per heavy atom. The van der Waals surface area contributed by atoms with Gasteiger partial charge in [0.1, 0.15) is 0 Å². The second kappa shape index (κ2) is 6.08. The van der Waals surface area contributed by atoms with Crippen LogP contribution in [0.5, 0.6) is 0 Å². The predicted molar refractivity (Wildman–Crippen MR) is 59.5 cm³/mol. The second-order valence-electron chi connectivity index (χ2n) is 4.57. The largest absolute Gasteiger partial charge is 0.469 e. The number of hydrogen-bond donors (Lipinski definition) is 1. The molecule has 0 spiro atoms. The molecule has 2 atom stereocenters. The molecule has 0 rings (SSSR count). The van der Waals surface area contributed by atoms with E-state index in [1.165, 1.54) is 7.11 Å². The van der Waals surface area contributed by atoms with Gasteiger partial charge < -0.3 is 15.2 Å². The maximum atomic E-state index is 11.2. The van der Waals surface area contributed by atoms with Crippen LogP contribution in [0.2, 0.25) is 0 Å². The zero-order valence-corrected chi connectivity index (χ0v) is 10.4. The van der Waals surface area contributed by atoms with Crippen molar-refractivity contribution >= 4 is 5.97 Å². The highest BCUT2D eigenvalue weighted by molar-refractivity contribution is 5.69. The molecule has 0 aliphatic carbocycles. The van der Waals surface area contributed by atoms with Gasteiger partial charge in [0.25, 0.3) is 0 Å². The molecule has 0 amide bonds. The Kier molecular flexibility index (Phi) is 5.83. The summed E-state index contributed by atoms with van der Waals surface area (Å²) in [6.45, 7) is 5.87. The second-order valence-corrected chi connectivity index (χ2v) is 4.57. The van der Waals surface area contributed by atoms with Crippen LogP contribution in [-0.4, -0.2) is 31.8 Å². The molecule has 4 nitrogen and oxygen atoms in total. The molecule has 0 aromatic heterocycles. The summed E-state index contributed by atoms with van der Waals surface area (Å²) in [6, 6.07) is -0.0430. The van der Waals surface area contributed by atoms with E-state index >= 15 is 0 Å². The van der Waals surface area contributed by atoms with E-state index < -0.39 is 0 Å². The lowest BCUT2D eigenvalue weighted by Gasteiger charge is -2.30. The van der Waals surface area contributed by atoms with Gasteiger partial charge in [-0.2, -0.15) is 0 Å². The van der Waals surface area contributed by atoms with E-state index in [9.17, 15) is 4.79 Å². The molecule has 0 aromatic rings. The topological polar surface area (TPSA) is 61.5 Å². The third-order valence-electron chi connectivity index (χ3n) is 2.71. The van der Waals surface area contributed by atoms with Crippen molar-refractivity contribution in [1.82, 2.24) is 0 Å². The first-order chi connectivity index (χ1) is 6.82. The quantitative estimate of drug-likeness (QED) is 0.682. The monoisotopic (exact) mass is 217 g/mol. The first-order valence-corrected chi connectivity index (χ1v) is 5.20. The number of nitrogens with two attached hydrogens (primary N) is 1. The van der Waals surface area contributed by atoms with Crippen molar-refractivity contribution in [3.8, 4) is 0 Å². The van der Waals surface area contributed by atoms with Crippen LogP contribution in [0.25, 0.3) is 0 Å². The number of rotatable bonds is 6. The Balaban J connectivity index is 4.35. The molecule has 0 saturated heterocycles. The number of methoxy groups -OCH3 is 2. The zero-order chi connectivity index (χ0) is 12.1. The van der Waals surface area contributed by atoms with Gasteiger partial charge in [-0.1, -0.05) is 0 Å². The highest BCUT2D eigenvalue weighted by atomic mass is 16.5. The number of ether oxygens (including phenoxy) is 2. The van der Waals surface area contributed by atoms with Crippen LogP contribution >= 0.6 is 0 Å². The van der Waals surface area contributed by atoms with Crippen LogP contribution < -0.4 is 5.73 Å². The summed E-state index contributed by atoms with van der Waals surface area (Å²) in [5.74, 6) is -0.128. The van der Waals surface area contributed by atoms with E-state index in [2.05, 4.69) is 4.74 Å². The van der Waals surface area contributed by atoms with Gasteiger partial charge in [-0.25, -0.2) is 0 Å². The average molecular weight is 217 g/mol. The third kappa shape index (κ3) is 5.74. The van der Waals surface area contributed by atoms with Crippen LogP contribution in [0.15, 0.2) is 0 Å². The van der Waals surface area contributed by atoms with Gasteiger partial charge in [-0.05, 0) is 33.1 Å². The highest BCUT2D eigenvalue weighted by Gasteiger charge is 2.27. The minimum absolute atomic E-state index is 0.0430. The minimum Gasteiger partial charge on any atom is -0.469 e. The van der Waals surface area contributed by atoms with Crippen molar-refractivity contribution in [2.24, 2.45) is 11.7 Å². The van der Waals surface area contributed by atoms with Crippen LogP contribution in [0.3, 0.4) is 0 Å². The molecule has 0 bridgehead atoms. The number of carbonyl (C=O) groups is 1. The number of hydrogen-bond acceptors (Lipinski definition) is 4. The summed E-state index contributed by atoms with van der Waals surface area (Å²) in [5.41, 5.74) is 5.58. The summed E-state index contributed by atoms with van der Waals surface area (Å²) < 4.78 is 9.97. The van der Waals surface area contributed by atoms with E-state index in [0.717, 1.165) is 6.42 Å². The molecule has 0 heterocycles. The van der Waals surface area contributed by atoms with Gasteiger partial charge in [0, 0.05) is 19.6 Å². The van der Waals surface area contributed by atoms with Gasteiger partial charge in [0.05, 0.1) is 12.7 Å². The Labute approximate surface area is 92.1 Å². The van der Waals surface area contributed by atoms with Gasteiger partial charge >= 0.3 is 5.97 Å². The van der Waals surface area contributed by atoms with Gasteiger partial charge in [0.2, 0.25) is 0 Å². The van der Waals surface area contributed by atoms with Crippen molar-refractivity contribution in [3.63, 3.8) is 0 Å². The maximum Gasteiger partial charge on any atom is 0.305 e. The van der Waals surface area contributed by atoms with Gasteiger partial charge in [0.15, 0.2) is 0 Å². The molecule has 4 heteroatoms. The maximum absolute atomic E-state index is 11.2. The molecular formula is C11H23NO3. The molecule has 0 fully saturated rings. The fraction of sp³-hybridized carbons (Fsp3) is 0.909. The smallest absolute Gasteiger partial charge is 0.305 e. The predicted octanol–water partition coefficient (Wildman–Crippen LogP) is 1.33. The first-order valence-electron chi connectivity index (χ1n) is 5.20. The van der Waals surface area contributed by atoms with Crippen LogP contribution in [0.1, 0.15) is 33.6 Å². The summed E-state index contributed by atoms with van der Waals surface area (Å²) >= 11 is 0. The number of esters is 1. The van der Waals surface area contributed by atoms with Gasteiger partial charge in [-0.3, -0.25) is 4.79 Å². The normalized spacial score (nSPS) is 15.9. The molecule has 0 aromatic carbocycles. The van der Waals surface area contributed by atoms with Crippen molar-refractivity contribution in [2.45, 2.75) is 45.3 Å². The standard InChI is InChI=1S/C11H23NO3/c1-8(12)9(6-10(13)14-4)7-11(2,3)15-5/h8-9H,6-7,12H2,1-5H3. The minimum atomic E-state index is -0.258. The van der Waals surface area contributed by atoms with E-state index in [1.807, 2.05) is 20.8 Å². The van der Waals surface area contributed by atoms with E-state index in [4.69, 9.17) is 10.5 Å². The summed E-state index contributed by atoms with van der Waals surface area (Å²) in [7, 11) is 3.05. The van der Waals surface area contributed by atoms with Crippen LogP contribution in [-0.2, 0) is 14.3 Å². The molecule has 0 radical (unpaired) electrons. The lowest BCUT2D eigenvalue weighted by Crippen LogP contribution is -2.36. The Hall–Kier alpha value is -0.610.